The lowest BCUT2D eigenvalue weighted by atomic mass is 10.2. The van der Waals surface area contributed by atoms with Gasteiger partial charge >= 0.3 is 5.97 Å². The molecule has 0 amide bonds. The van der Waals surface area contributed by atoms with E-state index in [1.54, 1.807) is 26.8 Å². The molecule has 19 heavy (non-hydrogen) atoms. The molecule has 0 fully saturated rings. The van der Waals surface area contributed by atoms with Crippen LogP contribution in [0.2, 0.25) is 0 Å². The minimum absolute atomic E-state index is 0.199. The van der Waals surface area contributed by atoms with E-state index in [9.17, 15) is 13.2 Å². The van der Waals surface area contributed by atoms with Crippen LogP contribution < -0.4 is 0 Å². The number of rotatable bonds is 6. The van der Waals surface area contributed by atoms with E-state index in [1.807, 2.05) is 6.92 Å². The SMILES string of the molecule is CCN(C(C)CC(=O)O)S(=O)(=O)c1cc(C)sc1C. The molecule has 0 radical (unpaired) electrons. The molecule has 1 aromatic rings. The molecule has 108 valence electrons. The molecule has 7 heteroatoms. The van der Waals surface area contributed by atoms with Crippen LogP contribution >= 0.6 is 11.3 Å². The van der Waals surface area contributed by atoms with Crippen molar-refractivity contribution in [1.29, 1.82) is 0 Å². The van der Waals surface area contributed by atoms with Crippen molar-refractivity contribution in [2.45, 2.75) is 45.1 Å². The molecular formula is C12H19NO4S2. The predicted molar refractivity (Wildman–Crippen MR) is 75.1 cm³/mol. The van der Waals surface area contributed by atoms with Gasteiger partial charge in [0, 0.05) is 22.3 Å². The quantitative estimate of drug-likeness (QED) is 0.874. The van der Waals surface area contributed by atoms with E-state index in [2.05, 4.69) is 0 Å². The molecular weight excluding hydrogens is 286 g/mol. The molecule has 1 heterocycles. The Morgan fingerprint density at radius 1 is 1.47 bits per heavy atom. The normalized spacial score (nSPS) is 13.7. The van der Waals surface area contributed by atoms with Crippen molar-refractivity contribution in [3.05, 3.63) is 15.8 Å². The summed E-state index contributed by atoms with van der Waals surface area (Å²) in [6.07, 6.45) is -0.199. The van der Waals surface area contributed by atoms with Crippen LogP contribution in [0.5, 0.6) is 0 Å². The minimum atomic E-state index is -3.63. The van der Waals surface area contributed by atoms with Crippen LogP contribution in [0, 0.1) is 13.8 Å². The number of carboxylic acids is 1. The highest BCUT2D eigenvalue weighted by atomic mass is 32.2. The van der Waals surface area contributed by atoms with E-state index >= 15 is 0 Å². The van der Waals surface area contributed by atoms with Gasteiger partial charge in [0.05, 0.1) is 11.3 Å². The zero-order valence-electron chi connectivity index (χ0n) is 11.5. The monoisotopic (exact) mass is 305 g/mol. The van der Waals surface area contributed by atoms with Gasteiger partial charge in [-0.25, -0.2) is 8.42 Å². The maximum Gasteiger partial charge on any atom is 0.304 e. The maximum atomic E-state index is 12.6. The fourth-order valence-corrected chi connectivity index (χ4v) is 5.23. The third kappa shape index (κ3) is 3.55. The summed E-state index contributed by atoms with van der Waals surface area (Å²) >= 11 is 1.43. The van der Waals surface area contributed by atoms with Gasteiger partial charge in [0.15, 0.2) is 0 Å². The Labute approximate surface area is 117 Å². The highest BCUT2D eigenvalue weighted by Crippen LogP contribution is 2.28. The Hall–Kier alpha value is -0.920. The van der Waals surface area contributed by atoms with Crippen molar-refractivity contribution in [3.63, 3.8) is 0 Å². The van der Waals surface area contributed by atoms with Crippen LogP contribution in [0.25, 0.3) is 0 Å². The topological polar surface area (TPSA) is 74.7 Å². The van der Waals surface area contributed by atoms with E-state index in [4.69, 9.17) is 5.11 Å². The molecule has 1 atom stereocenters. The Morgan fingerprint density at radius 3 is 2.42 bits per heavy atom. The zero-order chi connectivity index (χ0) is 14.8. The van der Waals surface area contributed by atoms with Gasteiger partial charge in [0.1, 0.15) is 0 Å². The molecule has 1 unspecified atom stereocenters. The molecule has 0 aliphatic carbocycles. The van der Waals surface area contributed by atoms with Gasteiger partial charge in [-0.05, 0) is 26.8 Å². The number of hydrogen-bond donors (Lipinski definition) is 1. The number of aliphatic carboxylic acids is 1. The van der Waals surface area contributed by atoms with Crippen LogP contribution in [-0.4, -0.2) is 36.4 Å². The molecule has 0 aliphatic rings. The van der Waals surface area contributed by atoms with Crippen LogP contribution in [0.3, 0.4) is 0 Å². The van der Waals surface area contributed by atoms with Crippen molar-refractivity contribution in [2.75, 3.05) is 6.54 Å². The van der Waals surface area contributed by atoms with Crippen LogP contribution in [-0.2, 0) is 14.8 Å². The van der Waals surface area contributed by atoms with E-state index < -0.39 is 22.0 Å². The average molecular weight is 305 g/mol. The summed E-state index contributed by atoms with van der Waals surface area (Å²) in [7, 11) is -3.63. The number of aryl methyl sites for hydroxylation is 2. The largest absolute Gasteiger partial charge is 0.481 e. The van der Waals surface area contributed by atoms with E-state index in [0.717, 1.165) is 9.75 Å². The Kier molecular flexibility index (Phi) is 5.11. The Morgan fingerprint density at radius 2 is 2.05 bits per heavy atom. The molecule has 1 rings (SSSR count). The van der Waals surface area contributed by atoms with Gasteiger partial charge < -0.3 is 5.11 Å². The second kappa shape index (κ2) is 6.02. The first-order chi connectivity index (χ1) is 8.70. The summed E-state index contributed by atoms with van der Waals surface area (Å²) in [6.45, 7) is 7.20. The molecule has 0 spiro atoms. The smallest absolute Gasteiger partial charge is 0.304 e. The fourth-order valence-electron chi connectivity index (χ4n) is 2.06. The number of hydrogen-bond acceptors (Lipinski definition) is 4. The molecule has 0 saturated heterocycles. The molecule has 0 aliphatic heterocycles. The van der Waals surface area contributed by atoms with Gasteiger partial charge in [-0.1, -0.05) is 6.92 Å². The lowest BCUT2D eigenvalue weighted by Gasteiger charge is -2.26. The van der Waals surface area contributed by atoms with Crippen molar-refractivity contribution >= 4 is 27.3 Å². The summed E-state index contributed by atoms with van der Waals surface area (Å²) in [6, 6.07) is 1.08. The summed E-state index contributed by atoms with van der Waals surface area (Å²) in [5.41, 5.74) is 0. The standard InChI is InChI=1S/C12H19NO4S2/c1-5-13(8(2)6-12(14)15)19(16,17)11-7-9(3)18-10(11)4/h7-8H,5-6H2,1-4H3,(H,14,15). The third-order valence-corrected chi connectivity index (χ3v) is 6.17. The molecule has 0 aromatic carbocycles. The highest BCUT2D eigenvalue weighted by molar-refractivity contribution is 7.89. The predicted octanol–water partition coefficient (Wildman–Crippen LogP) is 2.24. The lowest BCUT2D eigenvalue weighted by molar-refractivity contribution is -0.137. The average Bonchev–Trinajstić information content (AvgIpc) is 2.57. The summed E-state index contributed by atoms with van der Waals surface area (Å²) in [5, 5.41) is 8.80. The van der Waals surface area contributed by atoms with E-state index in [-0.39, 0.29) is 17.9 Å². The number of carbonyl (C=O) groups is 1. The van der Waals surface area contributed by atoms with Crippen molar-refractivity contribution in [2.24, 2.45) is 0 Å². The van der Waals surface area contributed by atoms with Gasteiger partial charge in [0.2, 0.25) is 10.0 Å². The Balaban J connectivity index is 3.16. The maximum absolute atomic E-state index is 12.6. The summed E-state index contributed by atoms with van der Waals surface area (Å²) < 4.78 is 26.4. The van der Waals surface area contributed by atoms with Crippen LogP contribution in [0.1, 0.15) is 30.0 Å². The first-order valence-corrected chi connectivity index (χ1v) is 8.26. The van der Waals surface area contributed by atoms with Crippen molar-refractivity contribution in [3.8, 4) is 0 Å². The second-order valence-corrected chi connectivity index (χ2v) is 7.75. The third-order valence-electron chi connectivity index (χ3n) is 2.86. The van der Waals surface area contributed by atoms with E-state index in [1.165, 1.54) is 15.6 Å². The first kappa shape index (κ1) is 16.1. The highest BCUT2D eigenvalue weighted by Gasteiger charge is 2.30. The van der Waals surface area contributed by atoms with Gasteiger partial charge in [0.25, 0.3) is 0 Å². The van der Waals surface area contributed by atoms with Gasteiger partial charge in [-0.3, -0.25) is 4.79 Å². The summed E-state index contributed by atoms with van der Waals surface area (Å²) in [5.74, 6) is -1.00. The van der Waals surface area contributed by atoms with Crippen molar-refractivity contribution < 1.29 is 18.3 Å². The van der Waals surface area contributed by atoms with E-state index in [0.29, 0.717) is 0 Å². The molecule has 1 N–H and O–H groups in total. The van der Waals surface area contributed by atoms with Crippen LogP contribution in [0.15, 0.2) is 11.0 Å². The molecule has 1 aromatic heterocycles. The zero-order valence-corrected chi connectivity index (χ0v) is 13.1. The Bertz CT molecular complexity index is 562. The first-order valence-electron chi connectivity index (χ1n) is 6.00. The fraction of sp³-hybridized carbons (Fsp3) is 0.583. The van der Waals surface area contributed by atoms with Gasteiger partial charge in [-0.15, -0.1) is 11.3 Å². The number of carboxylic acid groups (broad SMARTS) is 1. The molecule has 0 bridgehead atoms. The van der Waals surface area contributed by atoms with Crippen molar-refractivity contribution in [1.82, 2.24) is 4.31 Å². The molecule has 0 saturated carbocycles. The second-order valence-electron chi connectivity index (χ2n) is 4.43. The van der Waals surface area contributed by atoms with Gasteiger partial charge in [-0.2, -0.15) is 4.31 Å². The number of nitrogens with zero attached hydrogens (tertiary/aromatic N) is 1. The minimum Gasteiger partial charge on any atom is -0.481 e. The number of thiophene rings is 1. The lowest BCUT2D eigenvalue weighted by Crippen LogP contribution is -2.39. The van der Waals surface area contributed by atoms with Crippen LogP contribution in [0.4, 0.5) is 0 Å². The summed E-state index contributed by atoms with van der Waals surface area (Å²) in [4.78, 5) is 12.7. The molecule has 5 nitrogen and oxygen atoms in total. The number of sulfonamides is 1.